The average molecular weight is 137 g/mol. The normalized spacial score (nSPS) is 14.0. The Morgan fingerprint density at radius 1 is 2.00 bits per heavy atom. The van der Waals surface area contributed by atoms with Crippen molar-refractivity contribution in [2.45, 2.75) is 13.0 Å². The van der Waals surface area contributed by atoms with Crippen LogP contribution in [0.2, 0.25) is 0 Å². The average Bonchev–Trinajstić information content (AvgIpc) is 1.36. The van der Waals surface area contributed by atoms with Crippen molar-refractivity contribution in [3.63, 3.8) is 0 Å². The topological polar surface area (TPSA) is 37.3 Å². The van der Waals surface area contributed by atoms with Gasteiger partial charge < -0.3 is 0 Å². The van der Waals surface area contributed by atoms with E-state index in [0.29, 0.717) is 0 Å². The van der Waals surface area contributed by atoms with E-state index in [1.54, 1.807) is 0 Å². The molecule has 1 atom stereocenters. The van der Waals surface area contributed by atoms with Crippen molar-refractivity contribution in [3.05, 3.63) is 0 Å². The Hall–Kier alpha value is 0.149. The molecule has 40 valence electrons. The van der Waals surface area contributed by atoms with E-state index in [1.165, 1.54) is 6.92 Å². The molecule has 0 aromatic heterocycles. The van der Waals surface area contributed by atoms with Crippen molar-refractivity contribution >= 4 is 4.68 Å². The predicted molar refractivity (Wildman–Crippen MR) is 16.7 cm³/mol. The fourth-order valence-electron chi connectivity index (χ4n) is 0. The maximum atomic E-state index is 9.70. The third kappa shape index (κ3) is 2.39. The van der Waals surface area contributed by atoms with Gasteiger partial charge in [-0.1, -0.05) is 0 Å². The first kappa shape index (κ1) is 6.15. The van der Waals surface area contributed by atoms with Crippen LogP contribution < -0.4 is 0 Å². The van der Waals surface area contributed by atoms with Crippen LogP contribution in [0.3, 0.4) is 0 Å². The Bertz CT molecular complexity index is 59.8. The van der Waals surface area contributed by atoms with Gasteiger partial charge in [-0.15, -0.1) is 0 Å². The summed E-state index contributed by atoms with van der Waals surface area (Å²) in [6.07, 6.45) is -0.981. The summed E-state index contributed by atoms with van der Waals surface area (Å²) in [5.41, 5.74) is 0. The molecule has 0 aliphatic rings. The number of carbonyl (C=O) groups is 1. The summed E-state index contributed by atoms with van der Waals surface area (Å²) in [5, 5.41) is 8.17. The van der Waals surface area contributed by atoms with E-state index in [4.69, 9.17) is 5.11 Å². The molecule has 0 rings (SSSR count). The fraction of sp³-hybridized carbons (Fsp3) is 0.667. The Kier molecular flexibility index (Phi) is 2.40. The van der Waals surface area contributed by atoms with E-state index in [2.05, 4.69) is 16.0 Å². The van der Waals surface area contributed by atoms with Gasteiger partial charge in [0, 0.05) is 0 Å². The van der Waals surface area contributed by atoms with E-state index >= 15 is 0 Å². The van der Waals surface area contributed by atoms with Crippen LogP contribution in [0.1, 0.15) is 6.92 Å². The third-order valence-electron chi connectivity index (χ3n) is 0.297. The molecule has 0 amide bonds. The number of aliphatic hydroxyl groups is 1. The zero-order chi connectivity index (χ0) is 5.15. The van der Waals surface area contributed by atoms with Crippen LogP contribution in [-0.4, -0.2) is 15.9 Å². The van der Waals surface area contributed by atoms with Gasteiger partial charge in [0.2, 0.25) is 0 Å². The molecule has 0 saturated heterocycles. The zero-order valence-corrected chi connectivity index (χ0v) is 4.18. The Labute approximate surface area is 44.4 Å². The second kappa shape index (κ2) is 2.34. The van der Waals surface area contributed by atoms with Crippen molar-refractivity contribution in [2.75, 3.05) is 0 Å². The van der Waals surface area contributed by atoms with Crippen LogP contribution >= 0.6 is 0 Å². The molecule has 6 heavy (non-hydrogen) atoms. The van der Waals surface area contributed by atoms with Gasteiger partial charge in [0.05, 0.1) is 0 Å². The second-order valence-corrected chi connectivity index (χ2v) is 1.41. The van der Waals surface area contributed by atoms with Gasteiger partial charge in [-0.3, -0.25) is 0 Å². The van der Waals surface area contributed by atoms with Crippen molar-refractivity contribution in [1.29, 1.82) is 0 Å². The minimum atomic E-state index is -0.981. The number of rotatable bonds is 1. The quantitative estimate of drug-likeness (QED) is 0.491. The summed E-state index contributed by atoms with van der Waals surface area (Å²) in [7, 11) is 0. The van der Waals surface area contributed by atoms with Crippen molar-refractivity contribution < 1.29 is 25.9 Å². The third-order valence-corrected chi connectivity index (χ3v) is 0.690. The summed E-state index contributed by atoms with van der Waals surface area (Å²) in [6.45, 7) is 1.34. The zero-order valence-electron chi connectivity index (χ0n) is 3.23. The standard InChI is InChI=1S/C3H5O2.Cu/c1-3(5)2-4;/h3,5H,1H3;. The Morgan fingerprint density at radius 2 is 2.17 bits per heavy atom. The van der Waals surface area contributed by atoms with Gasteiger partial charge in [-0.05, 0) is 0 Å². The first-order valence-electron chi connectivity index (χ1n) is 1.48. The Morgan fingerprint density at radius 3 is 2.17 bits per heavy atom. The van der Waals surface area contributed by atoms with Crippen LogP contribution in [0.5, 0.6) is 0 Å². The summed E-state index contributed by atoms with van der Waals surface area (Å²) in [4.78, 5) is 9.70. The van der Waals surface area contributed by atoms with Crippen LogP contribution in [-0.2, 0) is 20.8 Å². The maximum absolute atomic E-state index is 9.70. The summed E-state index contributed by atoms with van der Waals surface area (Å²) in [5.74, 6) is 0. The minimum absolute atomic E-state index is 0.623. The molecule has 0 heterocycles. The second-order valence-electron chi connectivity index (χ2n) is 0.942. The monoisotopic (exact) mass is 136 g/mol. The number of carbonyl (C=O) groups excluding carboxylic acids is 1. The molecule has 0 spiro atoms. The molecule has 0 radical (unpaired) electrons. The van der Waals surface area contributed by atoms with Crippen LogP contribution in [0.15, 0.2) is 0 Å². The molecule has 0 saturated carbocycles. The molecule has 2 nitrogen and oxygen atoms in total. The molecule has 0 aliphatic heterocycles. The number of hydrogen-bond acceptors (Lipinski definition) is 2. The van der Waals surface area contributed by atoms with Crippen LogP contribution in [0, 0.1) is 0 Å². The van der Waals surface area contributed by atoms with Crippen molar-refractivity contribution in [1.82, 2.24) is 0 Å². The molecule has 0 aromatic carbocycles. The van der Waals surface area contributed by atoms with E-state index in [1.807, 2.05) is 0 Å². The molecule has 1 unspecified atom stereocenters. The molecule has 0 aliphatic carbocycles. The van der Waals surface area contributed by atoms with Gasteiger partial charge >= 0.3 is 43.6 Å². The Balaban J connectivity index is 3.26. The van der Waals surface area contributed by atoms with Crippen LogP contribution in [0.4, 0.5) is 0 Å². The van der Waals surface area contributed by atoms with E-state index in [9.17, 15) is 4.79 Å². The van der Waals surface area contributed by atoms with Gasteiger partial charge in [0.25, 0.3) is 0 Å². The molecule has 0 fully saturated rings. The molecular formula is C3H5CuO2. The van der Waals surface area contributed by atoms with Crippen molar-refractivity contribution in [3.8, 4) is 0 Å². The van der Waals surface area contributed by atoms with Crippen molar-refractivity contribution in [2.24, 2.45) is 0 Å². The molecule has 3 heteroatoms. The van der Waals surface area contributed by atoms with Gasteiger partial charge in [-0.2, -0.15) is 0 Å². The fourth-order valence-corrected chi connectivity index (χ4v) is 0. The molecule has 0 bridgehead atoms. The van der Waals surface area contributed by atoms with E-state index < -0.39 is 10.8 Å². The van der Waals surface area contributed by atoms with E-state index in [-0.39, 0.29) is 0 Å². The predicted octanol–water partition coefficient (Wildman–Crippen LogP) is -0.559. The molecular weight excluding hydrogens is 132 g/mol. The van der Waals surface area contributed by atoms with Crippen LogP contribution in [0.25, 0.3) is 0 Å². The SMILES string of the molecule is CC(O)[C](=O)[Cu]. The summed E-state index contributed by atoms with van der Waals surface area (Å²) in [6, 6.07) is 0. The molecule has 0 aromatic rings. The van der Waals surface area contributed by atoms with E-state index in [0.717, 1.165) is 0 Å². The summed E-state index contributed by atoms with van der Waals surface area (Å²) >= 11 is 4.15. The van der Waals surface area contributed by atoms with Gasteiger partial charge in [0.15, 0.2) is 0 Å². The number of aliphatic hydroxyl groups excluding tert-OH is 1. The summed E-state index contributed by atoms with van der Waals surface area (Å²) < 4.78 is -0.623. The van der Waals surface area contributed by atoms with Gasteiger partial charge in [-0.25, -0.2) is 0 Å². The molecule has 1 N–H and O–H groups in total. The first-order chi connectivity index (χ1) is 2.64. The first-order valence-corrected chi connectivity index (χ1v) is 1.95. The number of hydrogen-bond donors (Lipinski definition) is 1. The van der Waals surface area contributed by atoms with Gasteiger partial charge in [0.1, 0.15) is 0 Å².